The highest BCUT2D eigenvalue weighted by Gasteiger charge is 2.23. The van der Waals surface area contributed by atoms with Crippen LogP contribution in [0.15, 0.2) is 29.1 Å². The Balaban J connectivity index is 1.82. The van der Waals surface area contributed by atoms with Gasteiger partial charge in [-0.2, -0.15) is 0 Å². The zero-order chi connectivity index (χ0) is 21.3. The number of nitrogens with one attached hydrogen (secondary N) is 1. The lowest BCUT2D eigenvalue weighted by molar-refractivity contribution is -0.129. The predicted octanol–water partition coefficient (Wildman–Crippen LogP) is 4.29. The van der Waals surface area contributed by atoms with Crippen LogP contribution in [0.4, 0.5) is 0 Å². The van der Waals surface area contributed by atoms with Crippen LogP contribution >= 0.6 is 11.3 Å². The average Bonchev–Trinajstić information content (AvgIpc) is 3.00. The highest BCUT2D eigenvalue weighted by atomic mass is 32.1. The number of benzene rings is 1. The predicted molar refractivity (Wildman–Crippen MR) is 115 cm³/mol. The summed E-state index contributed by atoms with van der Waals surface area (Å²) < 4.78 is 5.11. The number of hydrogen-bond acceptors (Lipinski definition) is 6. The van der Waals surface area contributed by atoms with Gasteiger partial charge in [0.25, 0.3) is 5.56 Å². The van der Waals surface area contributed by atoms with Crippen LogP contribution in [0.1, 0.15) is 48.5 Å². The number of aromatic nitrogens is 2. The van der Waals surface area contributed by atoms with Gasteiger partial charge < -0.3 is 9.72 Å². The molecule has 6 nitrogen and oxygen atoms in total. The molecule has 0 aliphatic heterocycles. The lowest BCUT2D eigenvalue weighted by Crippen LogP contribution is -2.26. The minimum absolute atomic E-state index is 0.143. The number of thiophene rings is 1. The van der Waals surface area contributed by atoms with E-state index in [1.807, 2.05) is 13.8 Å². The lowest BCUT2D eigenvalue weighted by atomic mass is 9.91. The zero-order valence-electron chi connectivity index (χ0n) is 17.2. The van der Waals surface area contributed by atoms with Gasteiger partial charge in [-0.25, -0.2) is 9.78 Å². The van der Waals surface area contributed by atoms with Crippen LogP contribution in [0.2, 0.25) is 0 Å². The van der Waals surface area contributed by atoms with Gasteiger partial charge in [0.1, 0.15) is 10.7 Å². The van der Waals surface area contributed by atoms with Crippen molar-refractivity contribution in [2.75, 3.05) is 6.61 Å². The second-order valence-corrected chi connectivity index (χ2v) is 9.11. The molecule has 0 saturated heterocycles. The molecule has 0 radical (unpaired) electrons. The molecule has 0 fully saturated rings. The van der Waals surface area contributed by atoms with Gasteiger partial charge in [-0.05, 0) is 31.0 Å². The van der Waals surface area contributed by atoms with E-state index < -0.39 is 11.4 Å². The molecule has 0 saturated carbocycles. The quantitative estimate of drug-likeness (QED) is 0.631. The van der Waals surface area contributed by atoms with Crippen molar-refractivity contribution in [1.29, 1.82) is 0 Å². The third-order valence-corrected chi connectivity index (χ3v) is 5.82. The van der Waals surface area contributed by atoms with Crippen molar-refractivity contribution in [2.24, 2.45) is 5.41 Å². The molecule has 1 N–H and O–H groups in total. The maximum Gasteiger partial charge on any atom is 0.338 e. The Morgan fingerprint density at radius 2 is 1.83 bits per heavy atom. The fourth-order valence-electron chi connectivity index (χ4n) is 2.93. The molecule has 0 aliphatic rings. The Labute approximate surface area is 172 Å². The van der Waals surface area contributed by atoms with Crippen LogP contribution < -0.4 is 5.56 Å². The van der Waals surface area contributed by atoms with Crippen LogP contribution in [-0.4, -0.2) is 28.3 Å². The van der Waals surface area contributed by atoms with Crippen molar-refractivity contribution >= 4 is 33.3 Å². The van der Waals surface area contributed by atoms with E-state index in [1.54, 1.807) is 45.0 Å². The third kappa shape index (κ3) is 4.29. The van der Waals surface area contributed by atoms with Gasteiger partial charge >= 0.3 is 5.97 Å². The second-order valence-electron chi connectivity index (χ2n) is 7.91. The topological polar surface area (TPSA) is 89.1 Å². The number of fused-ring (bicyclic) bond motifs is 1. The highest BCUT2D eigenvalue weighted by molar-refractivity contribution is 7.18. The first-order chi connectivity index (χ1) is 13.6. The van der Waals surface area contributed by atoms with Gasteiger partial charge in [-0.1, -0.05) is 39.8 Å². The van der Waals surface area contributed by atoms with E-state index in [4.69, 9.17) is 4.74 Å². The van der Waals surface area contributed by atoms with E-state index in [-0.39, 0.29) is 17.9 Å². The number of carbonyl (C=O) groups is 2. The first-order valence-electron chi connectivity index (χ1n) is 9.45. The van der Waals surface area contributed by atoms with Crippen molar-refractivity contribution in [1.82, 2.24) is 9.97 Å². The summed E-state index contributed by atoms with van der Waals surface area (Å²) in [6, 6.07) is 6.60. The van der Waals surface area contributed by atoms with Crippen molar-refractivity contribution in [3.05, 3.63) is 50.6 Å². The first kappa shape index (κ1) is 20.9. The number of aromatic amines is 1. The first-order valence-corrected chi connectivity index (χ1v) is 10.3. The van der Waals surface area contributed by atoms with E-state index in [0.29, 0.717) is 27.2 Å². The number of esters is 1. The maximum atomic E-state index is 12.6. The largest absolute Gasteiger partial charge is 0.454 e. The molecule has 7 heteroatoms. The minimum Gasteiger partial charge on any atom is -0.454 e. The molecule has 0 unspecified atom stereocenters. The Morgan fingerprint density at radius 3 is 2.41 bits per heavy atom. The monoisotopic (exact) mass is 412 g/mol. The molecular formula is C22H24N2O4S. The molecular weight excluding hydrogens is 388 g/mol. The summed E-state index contributed by atoms with van der Waals surface area (Å²) in [6.07, 6.45) is 0.782. The summed E-state index contributed by atoms with van der Waals surface area (Å²) in [4.78, 5) is 45.9. The Kier molecular flexibility index (Phi) is 5.71. The van der Waals surface area contributed by atoms with E-state index in [0.717, 1.165) is 16.9 Å². The number of H-pyrrole nitrogens is 1. The highest BCUT2D eigenvalue weighted by Crippen LogP contribution is 2.28. The molecule has 0 atom stereocenters. The summed E-state index contributed by atoms with van der Waals surface area (Å²) >= 11 is 1.51. The summed E-state index contributed by atoms with van der Waals surface area (Å²) in [6.45, 7) is 9.10. The Bertz CT molecular complexity index is 1130. The van der Waals surface area contributed by atoms with Crippen LogP contribution in [0.5, 0.6) is 0 Å². The number of ketones is 1. The molecule has 29 heavy (non-hydrogen) atoms. The van der Waals surface area contributed by atoms with Crippen LogP contribution in [0.3, 0.4) is 0 Å². The molecule has 0 aliphatic carbocycles. The fraction of sp³-hybridized carbons (Fsp3) is 0.364. The number of hydrogen-bond donors (Lipinski definition) is 1. The lowest BCUT2D eigenvalue weighted by Gasteiger charge is -2.16. The van der Waals surface area contributed by atoms with Gasteiger partial charge in [0.05, 0.1) is 10.9 Å². The summed E-state index contributed by atoms with van der Waals surface area (Å²) in [5.74, 6) is -0.253. The summed E-state index contributed by atoms with van der Waals surface area (Å²) in [5.41, 5.74) is 1.34. The Hall–Kier alpha value is -2.80. The van der Waals surface area contributed by atoms with Crippen LogP contribution in [0, 0.1) is 12.3 Å². The van der Waals surface area contributed by atoms with E-state index in [9.17, 15) is 14.4 Å². The van der Waals surface area contributed by atoms with Crippen molar-refractivity contribution in [3.63, 3.8) is 0 Å². The standard InChI is InChI=1S/C22H24N2O4S/c1-6-15-12(2)29-20-17(15)19(26)23-18(24-20)13-7-9-14(10-8-13)21(27)28-11-16(25)22(3,4)5/h7-10H,6,11H2,1-5H3,(H,23,24,26). The molecule has 0 amide bonds. The molecule has 0 spiro atoms. The molecule has 0 bridgehead atoms. The van der Waals surface area contributed by atoms with Crippen LogP contribution in [-0.2, 0) is 16.0 Å². The molecule has 2 aromatic heterocycles. The molecule has 3 rings (SSSR count). The minimum atomic E-state index is -0.562. The molecule has 152 valence electrons. The molecule has 3 aromatic rings. The Morgan fingerprint density at radius 1 is 1.17 bits per heavy atom. The zero-order valence-corrected chi connectivity index (χ0v) is 18.0. The van der Waals surface area contributed by atoms with E-state index >= 15 is 0 Å². The number of Topliss-reactive ketones (excluding diaryl/α,β-unsaturated/α-hetero) is 1. The number of aryl methyl sites for hydroxylation is 2. The summed E-state index contributed by atoms with van der Waals surface area (Å²) in [7, 11) is 0. The normalized spacial score (nSPS) is 11.6. The fourth-order valence-corrected chi connectivity index (χ4v) is 4.05. The van der Waals surface area contributed by atoms with Gasteiger partial charge in [0.15, 0.2) is 12.4 Å². The third-order valence-electron chi connectivity index (χ3n) is 4.78. The van der Waals surface area contributed by atoms with Crippen LogP contribution in [0.25, 0.3) is 21.6 Å². The second kappa shape index (κ2) is 7.91. The smallest absolute Gasteiger partial charge is 0.338 e. The average molecular weight is 413 g/mol. The maximum absolute atomic E-state index is 12.6. The summed E-state index contributed by atoms with van der Waals surface area (Å²) in [5, 5.41) is 0.655. The van der Waals surface area contributed by atoms with Gasteiger partial charge in [0, 0.05) is 15.9 Å². The van der Waals surface area contributed by atoms with E-state index in [1.165, 1.54) is 11.3 Å². The number of nitrogens with zero attached hydrogens (tertiary/aromatic N) is 1. The SMILES string of the molecule is CCc1c(C)sc2nc(-c3ccc(C(=O)OCC(=O)C(C)(C)C)cc3)[nH]c(=O)c12. The molecule has 2 heterocycles. The van der Waals surface area contributed by atoms with Gasteiger partial charge in [-0.15, -0.1) is 11.3 Å². The van der Waals surface area contributed by atoms with E-state index in [2.05, 4.69) is 9.97 Å². The molecule has 1 aromatic carbocycles. The van der Waals surface area contributed by atoms with Crippen molar-refractivity contribution in [3.8, 4) is 11.4 Å². The van der Waals surface area contributed by atoms with Crippen molar-refractivity contribution in [2.45, 2.75) is 41.0 Å². The number of rotatable bonds is 5. The number of carbonyl (C=O) groups excluding carboxylic acids is 2. The van der Waals surface area contributed by atoms with Gasteiger partial charge in [0.2, 0.25) is 0 Å². The van der Waals surface area contributed by atoms with Crippen molar-refractivity contribution < 1.29 is 14.3 Å². The number of ether oxygens (including phenoxy) is 1. The van der Waals surface area contributed by atoms with Gasteiger partial charge in [-0.3, -0.25) is 9.59 Å².